The molecule has 0 atom stereocenters. The number of anilines is 2. The average Bonchev–Trinajstić information content (AvgIpc) is 2.49. The molecule has 0 radical (unpaired) electrons. The normalized spacial score (nSPS) is 10.5. The summed E-state index contributed by atoms with van der Waals surface area (Å²) < 4.78 is 0. The summed E-state index contributed by atoms with van der Waals surface area (Å²) in [7, 11) is 0. The Morgan fingerprint density at radius 1 is 1.19 bits per heavy atom. The highest BCUT2D eigenvalue weighted by Gasteiger charge is 2.12. The van der Waals surface area contributed by atoms with Gasteiger partial charge in [0.2, 0.25) is 0 Å². The lowest BCUT2D eigenvalue weighted by Crippen LogP contribution is -2.30. The predicted molar refractivity (Wildman–Crippen MR) is 86.0 cm³/mol. The van der Waals surface area contributed by atoms with Gasteiger partial charge in [-0.3, -0.25) is 9.78 Å². The zero-order valence-electron chi connectivity index (χ0n) is 12.7. The molecule has 4 heteroatoms. The van der Waals surface area contributed by atoms with E-state index in [1.54, 1.807) is 12.4 Å². The number of pyridine rings is 1. The van der Waals surface area contributed by atoms with Gasteiger partial charge in [-0.25, -0.2) is 0 Å². The molecule has 0 saturated heterocycles. The van der Waals surface area contributed by atoms with Crippen LogP contribution in [0.2, 0.25) is 0 Å². The summed E-state index contributed by atoms with van der Waals surface area (Å²) in [4.78, 5) is 18.4. The molecule has 2 rings (SSSR count). The minimum atomic E-state index is -0.0940. The van der Waals surface area contributed by atoms with Crippen LogP contribution in [0.15, 0.2) is 48.8 Å². The van der Waals surface area contributed by atoms with Crippen LogP contribution in [0.5, 0.6) is 0 Å². The molecule has 0 aliphatic heterocycles. The number of aromatic nitrogens is 1. The number of carbonyl (C=O) groups is 1. The van der Waals surface area contributed by atoms with Crippen molar-refractivity contribution in [3.63, 3.8) is 0 Å². The van der Waals surface area contributed by atoms with Crippen LogP contribution >= 0.6 is 0 Å². The monoisotopic (exact) mass is 283 g/mol. The Morgan fingerprint density at radius 2 is 1.90 bits per heavy atom. The number of nitrogens with zero attached hydrogens (tertiary/aromatic N) is 2. The highest BCUT2D eigenvalue weighted by Crippen LogP contribution is 2.24. The predicted octanol–water partition coefficient (Wildman–Crippen LogP) is 3.38. The molecular weight excluding hydrogens is 262 g/mol. The number of benzene rings is 1. The quantitative estimate of drug-likeness (QED) is 0.915. The molecule has 4 nitrogen and oxygen atoms in total. The van der Waals surface area contributed by atoms with Crippen molar-refractivity contribution in [1.82, 2.24) is 10.3 Å². The van der Waals surface area contributed by atoms with E-state index in [9.17, 15) is 4.79 Å². The Kier molecular flexibility index (Phi) is 4.93. The fraction of sp³-hybridized carbons (Fsp3) is 0.294. The molecule has 21 heavy (non-hydrogen) atoms. The molecule has 110 valence electrons. The maximum absolute atomic E-state index is 12.1. The van der Waals surface area contributed by atoms with Crippen molar-refractivity contribution in [2.75, 3.05) is 11.4 Å². The van der Waals surface area contributed by atoms with Gasteiger partial charge in [-0.05, 0) is 39.0 Å². The highest BCUT2D eigenvalue weighted by atomic mass is 16.1. The Balaban J connectivity index is 2.29. The maximum Gasteiger partial charge on any atom is 0.253 e. The fourth-order valence-corrected chi connectivity index (χ4v) is 2.17. The van der Waals surface area contributed by atoms with Gasteiger partial charge in [0.1, 0.15) is 0 Å². The first-order chi connectivity index (χ1) is 10.1. The lowest BCUT2D eigenvalue weighted by molar-refractivity contribution is 0.0943. The molecular formula is C17H21N3O. The minimum absolute atomic E-state index is 0.0940. The van der Waals surface area contributed by atoms with Gasteiger partial charge in [-0.1, -0.05) is 18.2 Å². The molecule has 1 aromatic heterocycles. The summed E-state index contributed by atoms with van der Waals surface area (Å²) in [5, 5.41) is 2.89. The summed E-state index contributed by atoms with van der Waals surface area (Å²) >= 11 is 0. The van der Waals surface area contributed by atoms with E-state index in [-0.39, 0.29) is 11.9 Å². The average molecular weight is 283 g/mol. The molecule has 1 N–H and O–H groups in total. The van der Waals surface area contributed by atoms with E-state index in [0.717, 1.165) is 17.9 Å². The van der Waals surface area contributed by atoms with Crippen LogP contribution in [-0.2, 0) is 0 Å². The van der Waals surface area contributed by atoms with Gasteiger partial charge in [0.25, 0.3) is 5.91 Å². The maximum atomic E-state index is 12.1. The SMILES string of the molecule is CCN(c1ccccc1)c1cncc(C(=O)NC(C)C)c1. The third-order valence-corrected chi connectivity index (χ3v) is 3.10. The second-order valence-corrected chi connectivity index (χ2v) is 5.14. The Hall–Kier alpha value is -2.36. The van der Waals surface area contributed by atoms with Crippen molar-refractivity contribution in [3.05, 3.63) is 54.4 Å². The number of para-hydroxylation sites is 1. The van der Waals surface area contributed by atoms with Crippen LogP contribution < -0.4 is 10.2 Å². The van der Waals surface area contributed by atoms with Gasteiger partial charge in [0, 0.05) is 24.5 Å². The highest BCUT2D eigenvalue weighted by molar-refractivity contribution is 5.95. The van der Waals surface area contributed by atoms with E-state index >= 15 is 0 Å². The van der Waals surface area contributed by atoms with E-state index < -0.39 is 0 Å². The molecule has 1 amide bonds. The summed E-state index contributed by atoms with van der Waals surface area (Å²) in [6.07, 6.45) is 3.38. The van der Waals surface area contributed by atoms with Crippen molar-refractivity contribution >= 4 is 17.3 Å². The van der Waals surface area contributed by atoms with Crippen molar-refractivity contribution in [2.24, 2.45) is 0 Å². The lowest BCUT2D eigenvalue weighted by atomic mass is 10.2. The van der Waals surface area contributed by atoms with Crippen LogP contribution in [-0.4, -0.2) is 23.5 Å². The Bertz CT molecular complexity index is 596. The fourth-order valence-electron chi connectivity index (χ4n) is 2.17. The number of hydrogen-bond donors (Lipinski definition) is 1. The van der Waals surface area contributed by atoms with Gasteiger partial charge in [-0.2, -0.15) is 0 Å². The summed E-state index contributed by atoms with van der Waals surface area (Å²) in [6.45, 7) is 6.77. The molecule has 0 aliphatic carbocycles. The summed E-state index contributed by atoms with van der Waals surface area (Å²) in [5.41, 5.74) is 2.58. The molecule has 2 aromatic rings. The first-order valence-corrected chi connectivity index (χ1v) is 7.20. The van der Waals surface area contributed by atoms with Crippen LogP contribution in [0.25, 0.3) is 0 Å². The van der Waals surface area contributed by atoms with Crippen molar-refractivity contribution in [3.8, 4) is 0 Å². The molecule has 0 bridgehead atoms. The zero-order valence-corrected chi connectivity index (χ0v) is 12.7. The second-order valence-electron chi connectivity index (χ2n) is 5.14. The molecule has 0 aliphatic rings. The number of rotatable bonds is 5. The summed E-state index contributed by atoms with van der Waals surface area (Å²) in [6, 6.07) is 12.1. The van der Waals surface area contributed by atoms with Gasteiger partial charge in [0.15, 0.2) is 0 Å². The van der Waals surface area contributed by atoms with Gasteiger partial charge >= 0.3 is 0 Å². The topological polar surface area (TPSA) is 45.2 Å². The van der Waals surface area contributed by atoms with Gasteiger partial charge in [0.05, 0.1) is 17.4 Å². The number of amides is 1. The van der Waals surface area contributed by atoms with E-state index in [1.165, 1.54) is 0 Å². The third kappa shape index (κ3) is 3.81. The van der Waals surface area contributed by atoms with Crippen molar-refractivity contribution < 1.29 is 4.79 Å². The molecule has 0 spiro atoms. The first kappa shape index (κ1) is 15.0. The number of nitrogens with one attached hydrogen (secondary N) is 1. The molecule has 1 heterocycles. The van der Waals surface area contributed by atoms with Gasteiger partial charge in [-0.15, -0.1) is 0 Å². The molecule has 0 unspecified atom stereocenters. The van der Waals surface area contributed by atoms with E-state index in [0.29, 0.717) is 5.56 Å². The molecule has 1 aromatic carbocycles. The minimum Gasteiger partial charge on any atom is -0.350 e. The largest absolute Gasteiger partial charge is 0.350 e. The molecule has 0 fully saturated rings. The van der Waals surface area contributed by atoms with Crippen LogP contribution in [0.3, 0.4) is 0 Å². The van der Waals surface area contributed by atoms with Crippen molar-refractivity contribution in [1.29, 1.82) is 0 Å². The van der Waals surface area contributed by atoms with E-state index in [1.807, 2.05) is 50.2 Å². The van der Waals surface area contributed by atoms with Crippen LogP contribution in [0.1, 0.15) is 31.1 Å². The second kappa shape index (κ2) is 6.88. The lowest BCUT2D eigenvalue weighted by Gasteiger charge is -2.23. The van der Waals surface area contributed by atoms with Gasteiger partial charge < -0.3 is 10.2 Å². The van der Waals surface area contributed by atoms with Crippen LogP contribution in [0.4, 0.5) is 11.4 Å². The van der Waals surface area contributed by atoms with E-state index in [2.05, 4.69) is 22.1 Å². The number of carbonyl (C=O) groups excluding carboxylic acids is 1. The van der Waals surface area contributed by atoms with E-state index in [4.69, 9.17) is 0 Å². The Labute approximate surface area is 125 Å². The van der Waals surface area contributed by atoms with Crippen LogP contribution in [0, 0.1) is 0 Å². The number of hydrogen-bond acceptors (Lipinski definition) is 3. The zero-order chi connectivity index (χ0) is 15.2. The summed E-state index contributed by atoms with van der Waals surface area (Å²) in [5.74, 6) is -0.0940. The standard InChI is InChI=1S/C17H21N3O/c1-4-20(15-8-6-5-7-9-15)16-10-14(11-18-12-16)17(21)19-13(2)3/h5-13H,4H2,1-3H3,(H,19,21). The first-order valence-electron chi connectivity index (χ1n) is 7.20. The van der Waals surface area contributed by atoms with Crippen molar-refractivity contribution in [2.45, 2.75) is 26.8 Å². The molecule has 0 saturated carbocycles. The Morgan fingerprint density at radius 3 is 2.52 bits per heavy atom. The smallest absolute Gasteiger partial charge is 0.253 e. The third-order valence-electron chi connectivity index (χ3n) is 3.10.